The van der Waals surface area contributed by atoms with Crippen molar-refractivity contribution in [2.75, 3.05) is 6.61 Å². The number of esters is 1. The first-order valence-electron chi connectivity index (χ1n) is 7.92. The van der Waals surface area contributed by atoms with Crippen LogP contribution in [0.1, 0.15) is 17.3 Å². The summed E-state index contributed by atoms with van der Waals surface area (Å²) in [4.78, 5) is 25.3. The summed E-state index contributed by atoms with van der Waals surface area (Å²) in [5.74, 6) is -0.590. The van der Waals surface area contributed by atoms with Gasteiger partial charge in [0, 0.05) is 7.05 Å². The van der Waals surface area contributed by atoms with Crippen molar-refractivity contribution >= 4 is 38.4 Å². The molecule has 0 spiro atoms. The highest BCUT2D eigenvalue weighted by Crippen LogP contribution is 2.46. The molecule has 27 heavy (non-hydrogen) atoms. The maximum Gasteiger partial charge on any atom is 0.345 e. The van der Waals surface area contributed by atoms with Crippen LogP contribution >= 0.6 is 32.4 Å². The SMILES string of the molecule is CCOC(=O)c1c2ssc(Sc3nnnn3-c3ccccc3)c-2n(C)c1=O. The third kappa shape index (κ3) is 3.07. The average Bonchev–Trinajstić information content (AvgIpc) is 3.35. The molecule has 2 aromatic rings. The van der Waals surface area contributed by atoms with Crippen molar-refractivity contribution in [2.45, 2.75) is 16.3 Å². The van der Waals surface area contributed by atoms with Crippen LogP contribution in [-0.2, 0) is 11.8 Å². The van der Waals surface area contributed by atoms with Crippen LogP contribution < -0.4 is 5.56 Å². The number of ether oxygens (including phenoxy) is 1. The van der Waals surface area contributed by atoms with Gasteiger partial charge in [0.05, 0.1) is 22.9 Å². The maximum absolute atomic E-state index is 12.5. The highest BCUT2D eigenvalue weighted by atomic mass is 32.9. The number of nitrogens with zero attached hydrogens (tertiary/aromatic N) is 5. The highest BCUT2D eigenvalue weighted by molar-refractivity contribution is 8.03. The summed E-state index contributed by atoms with van der Waals surface area (Å²) >= 11 is 1.36. The number of carbonyl (C=O) groups excluding carboxylic acids is 1. The number of rotatable bonds is 5. The Kier molecular flexibility index (Phi) is 4.81. The molecular formula is C16H13N5O3S3. The van der Waals surface area contributed by atoms with Gasteiger partial charge in [-0.1, -0.05) is 38.9 Å². The number of carbonyl (C=O) groups is 1. The standard InChI is InChI=1S/C16H13N5O3S3/c1-3-24-14(23)10-12-11(20(2)13(10)22)15(27-26-12)25-16-17-18-19-21(16)9-7-5-4-6-8-9/h4-8H,3H2,1-2H3. The fourth-order valence-electron chi connectivity index (χ4n) is 2.57. The van der Waals surface area contributed by atoms with E-state index in [1.807, 2.05) is 30.3 Å². The van der Waals surface area contributed by atoms with Gasteiger partial charge in [0.15, 0.2) is 0 Å². The van der Waals surface area contributed by atoms with Crippen LogP contribution in [0.5, 0.6) is 0 Å². The smallest absolute Gasteiger partial charge is 0.345 e. The second-order valence-electron chi connectivity index (χ2n) is 5.40. The summed E-state index contributed by atoms with van der Waals surface area (Å²) < 4.78 is 9.00. The van der Waals surface area contributed by atoms with Gasteiger partial charge >= 0.3 is 5.97 Å². The minimum absolute atomic E-state index is 0.0881. The quantitative estimate of drug-likeness (QED) is 0.363. The zero-order valence-corrected chi connectivity index (χ0v) is 16.7. The van der Waals surface area contributed by atoms with Crippen LogP contribution in [0.2, 0.25) is 0 Å². The monoisotopic (exact) mass is 419 g/mol. The molecule has 0 saturated heterocycles. The summed E-state index contributed by atoms with van der Waals surface area (Å²) in [6, 6.07) is 9.54. The molecule has 0 radical (unpaired) electrons. The van der Waals surface area contributed by atoms with Gasteiger partial charge in [0.2, 0.25) is 5.16 Å². The van der Waals surface area contributed by atoms with Crippen molar-refractivity contribution < 1.29 is 9.53 Å². The van der Waals surface area contributed by atoms with E-state index in [1.54, 1.807) is 18.7 Å². The molecule has 138 valence electrons. The largest absolute Gasteiger partial charge is 0.462 e. The summed E-state index contributed by atoms with van der Waals surface area (Å²) in [5, 5.41) is 12.5. The molecule has 0 unspecified atom stereocenters. The molecule has 0 amide bonds. The van der Waals surface area contributed by atoms with E-state index >= 15 is 0 Å². The van der Waals surface area contributed by atoms with E-state index in [2.05, 4.69) is 15.5 Å². The fourth-order valence-corrected chi connectivity index (χ4v) is 6.73. The normalized spacial score (nSPS) is 11.2. The van der Waals surface area contributed by atoms with Crippen LogP contribution in [-0.4, -0.2) is 37.4 Å². The molecule has 11 heteroatoms. The first-order chi connectivity index (χ1) is 13.1. The Labute approximate surface area is 165 Å². The van der Waals surface area contributed by atoms with Crippen molar-refractivity contribution in [3.8, 4) is 16.3 Å². The van der Waals surface area contributed by atoms with Gasteiger partial charge in [-0.2, -0.15) is 4.68 Å². The van der Waals surface area contributed by atoms with Crippen LogP contribution in [0, 0.1) is 0 Å². The van der Waals surface area contributed by atoms with Crippen molar-refractivity contribution in [3.05, 3.63) is 46.2 Å². The lowest BCUT2D eigenvalue weighted by molar-refractivity contribution is 0.0526. The molecule has 4 rings (SSSR count). The van der Waals surface area contributed by atoms with Crippen molar-refractivity contribution in [3.63, 3.8) is 0 Å². The summed E-state index contributed by atoms with van der Waals surface area (Å²) in [6.07, 6.45) is 0. The molecule has 0 saturated carbocycles. The number of hydrogen-bond acceptors (Lipinski definition) is 9. The first kappa shape index (κ1) is 17.9. The Bertz CT molecular complexity index is 1130. The van der Waals surface area contributed by atoms with E-state index in [4.69, 9.17) is 4.74 Å². The molecule has 1 aromatic heterocycles. The topological polar surface area (TPSA) is 91.9 Å². The summed E-state index contributed by atoms with van der Waals surface area (Å²) in [7, 11) is 4.50. The molecule has 3 heterocycles. The van der Waals surface area contributed by atoms with Gasteiger partial charge in [-0.25, -0.2) is 4.79 Å². The molecule has 0 N–H and O–H groups in total. The van der Waals surface area contributed by atoms with Gasteiger partial charge in [-0.05, 0) is 41.2 Å². The first-order valence-corrected chi connectivity index (χ1v) is 10.9. The molecule has 0 aliphatic carbocycles. The number of tetrazole rings is 1. The average molecular weight is 420 g/mol. The van der Waals surface area contributed by atoms with Gasteiger partial charge in [0.1, 0.15) is 9.77 Å². The maximum atomic E-state index is 12.5. The van der Waals surface area contributed by atoms with Crippen molar-refractivity contribution in [1.29, 1.82) is 0 Å². The third-order valence-corrected chi connectivity index (χ3v) is 7.67. The minimum atomic E-state index is -0.590. The molecule has 1 aromatic carbocycles. The molecule has 0 fully saturated rings. The number of benzene rings is 1. The molecule has 0 bridgehead atoms. The Morgan fingerprint density at radius 2 is 2.04 bits per heavy atom. The van der Waals surface area contributed by atoms with E-state index in [-0.39, 0.29) is 17.7 Å². The van der Waals surface area contributed by atoms with Gasteiger partial charge in [-0.15, -0.1) is 5.10 Å². The molecule has 8 nitrogen and oxygen atoms in total. The van der Waals surface area contributed by atoms with Gasteiger partial charge in [-0.3, -0.25) is 4.79 Å². The lowest BCUT2D eigenvalue weighted by Gasteiger charge is -2.04. The zero-order valence-electron chi connectivity index (χ0n) is 14.3. The predicted molar refractivity (Wildman–Crippen MR) is 103 cm³/mol. The number of fused-ring (bicyclic) bond motifs is 1. The lowest BCUT2D eigenvalue weighted by Crippen LogP contribution is -2.19. The molecular weight excluding hydrogens is 406 g/mol. The van der Waals surface area contributed by atoms with E-state index in [9.17, 15) is 9.59 Å². The van der Waals surface area contributed by atoms with E-state index in [1.165, 1.54) is 37.0 Å². The van der Waals surface area contributed by atoms with Gasteiger partial charge < -0.3 is 9.30 Å². The minimum Gasteiger partial charge on any atom is -0.462 e. The second kappa shape index (κ2) is 7.25. The Morgan fingerprint density at radius 3 is 2.78 bits per heavy atom. The van der Waals surface area contributed by atoms with E-state index in [0.717, 1.165) is 9.90 Å². The van der Waals surface area contributed by atoms with Crippen LogP contribution in [0.15, 0.2) is 44.5 Å². The fraction of sp³-hybridized carbons (Fsp3) is 0.188. The number of aromatic nitrogens is 5. The number of para-hydroxylation sites is 1. The molecule has 2 aliphatic rings. The van der Waals surface area contributed by atoms with Crippen molar-refractivity contribution in [1.82, 2.24) is 24.8 Å². The number of hydrogen-bond donors (Lipinski definition) is 0. The molecule has 2 aliphatic heterocycles. The molecule has 0 atom stereocenters. The lowest BCUT2D eigenvalue weighted by atomic mass is 10.3. The zero-order chi connectivity index (χ0) is 19.0. The van der Waals surface area contributed by atoms with E-state index in [0.29, 0.717) is 15.7 Å². The third-order valence-electron chi connectivity index (χ3n) is 3.80. The summed E-state index contributed by atoms with van der Waals surface area (Å²) in [6.45, 7) is 1.93. The van der Waals surface area contributed by atoms with Crippen LogP contribution in [0.25, 0.3) is 16.3 Å². The van der Waals surface area contributed by atoms with Crippen LogP contribution in [0.4, 0.5) is 0 Å². The van der Waals surface area contributed by atoms with Crippen molar-refractivity contribution in [2.24, 2.45) is 7.05 Å². The van der Waals surface area contributed by atoms with E-state index < -0.39 is 5.97 Å². The summed E-state index contributed by atoms with van der Waals surface area (Å²) in [5.41, 5.74) is 1.27. The Morgan fingerprint density at radius 1 is 1.26 bits per heavy atom. The van der Waals surface area contributed by atoms with Gasteiger partial charge in [0.25, 0.3) is 5.56 Å². The Hall–Kier alpha value is -2.50. The van der Waals surface area contributed by atoms with Crippen LogP contribution in [0.3, 0.4) is 0 Å². The highest BCUT2D eigenvalue weighted by Gasteiger charge is 2.31. The Balaban J connectivity index is 1.73. The second-order valence-corrected chi connectivity index (χ2v) is 8.79. The predicted octanol–water partition coefficient (Wildman–Crippen LogP) is 2.92.